The van der Waals surface area contributed by atoms with Crippen molar-refractivity contribution in [3.8, 4) is 0 Å². The SMILES string of the molecule is O=C(CCn1ccc([N+](=O)[O-])n1)Nc1c(Br)cc([N+](=O)[O-])cc1Br. The minimum absolute atomic E-state index is 0.0225. The molecule has 2 aromatic rings. The molecule has 10 nitrogen and oxygen atoms in total. The third kappa shape index (κ3) is 4.35. The summed E-state index contributed by atoms with van der Waals surface area (Å²) in [7, 11) is 0. The van der Waals surface area contributed by atoms with Crippen LogP contribution >= 0.6 is 31.9 Å². The smallest absolute Gasteiger partial charge is 0.358 e. The lowest BCUT2D eigenvalue weighted by molar-refractivity contribution is -0.389. The van der Waals surface area contributed by atoms with Gasteiger partial charge in [0, 0.05) is 27.5 Å². The van der Waals surface area contributed by atoms with E-state index in [2.05, 4.69) is 42.3 Å². The van der Waals surface area contributed by atoms with E-state index in [1.54, 1.807) is 0 Å². The highest BCUT2D eigenvalue weighted by molar-refractivity contribution is 9.11. The number of rotatable bonds is 6. The summed E-state index contributed by atoms with van der Waals surface area (Å²) in [6, 6.07) is 3.79. The van der Waals surface area contributed by atoms with Crippen LogP contribution in [-0.4, -0.2) is 25.5 Å². The number of carbonyl (C=O) groups is 1. The Kier molecular flexibility index (Phi) is 5.62. The van der Waals surface area contributed by atoms with Gasteiger partial charge in [0.2, 0.25) is 5.91 Å². The first kappa shape index (κ1) is 18.0. The number of nitro benzene ring substituents is 1. The topological polar surface area (TPSA) is 133 Å². The Hall–Kier alpha value is -2.34. The van der Waals surface area contributed by atoms with Gasteiger partial charge in [0.25, 0.3) is 5.69 Å². The number of nitrogens with one attached hydrogen (secondary N) is 1. The van der Waals surface area contributed by atoms with Crippen LogP contribution in [0, 0.1) is 20.2 Å². The van der Waals surface area contributed by atoms with Crippen molar-refractivity contribution in [3.63, 3.8) is 0 Å². The first-order valence-corrected chi connectivity index (χ1v) is 7.97. The molecule has 0 atom stereocenters. The zero-order chi connectivity index (χ0) is 17.9. The monoisotopic (exact) mass is 461 g/mol. The summed E-state index contributed by atoms with van der Waals surface area (Å²) in [4.78, 5) is 32.1. The number of hydrogen-bond acceptors (Lipinski definition) is 6. The summed E-state index contributed by atoms with van der Waals surface area (Å²) in [5.74, 6) is -0.667. The molecule has 0 bridgehead atoms. The third-order valence-electron chi connectivity index (χ3n) is 2.88. The zero-order valence-corrected chi connectivity index (χ0v) is 15.0. The lowest BCUT2D eigenvalue weighted by atomic mass is 10.2. The number of carbonyl (C=O) groups excluding carboxylic acids is 1. The van der Waals surface area contributed by atoms with Crippen molar-refractivity contribution in [1.82, 2.24) is 9.78 Å². The van der Waals surface area contributed by atoms with Crippen molar-refractivity contribution in [3.05, 3.63) is 53.6 Å². The number of halogens is 2. The third-order valence-corrected chi connectivity index (χ3v) is 4.13. The van der Waals surface area contributed by atoms with Gasteiger partial charge in [0.1, 0.15) is 0 Å². The Bertz CT molecular complexity index is 799. The Balaban J connectivity index is 2.01. The second-order valence-electron chi connectivity index (χ2n) is 4.53. The van der Waals surface area contributed by atoms with Gasteiger partial charge < -0.3 is 15.4 Å². The summed E-state index contributed by atoms with van der Waals surface area (Å²) >= 11 is 6.34. The van der Waals surface area contributed by atoms with E-state index in [-0.39, 0.29) is 30.4 Å². The van der Waals surface area contributed by atoms with E-state index in [4.69, 9.17) is 0 Å². The maximum atomic E-state index is 12.0. The van der Waals surface area contributed by atoms with Gasteiger partial charge in [-0.25, -0.2) is 0 Å². The normalized spacial score (nSPS) is 10.4. The second kappa shape index (κ2) is 7.49. The van der Waals surface area contributed by atoms with Crippen LogP contribution in [0.15, 0.2) is 33.3 Å². The van der Waals surface area contributed by atoms with Crippen molar-refractivity contribution in [1.29, 1.82) is 0 Å². The van der Waals surface area contributed by atoms with Crippen LogP contribution in [0.5, 0.6) is 0 Å². The number of hydrogen-bond donors (Lipinski definition) is 1. The van der Waals surface area contributed by atoms with Crippen molar-refractivity contribution in [2.24, 2.45) is 0 Å². The molecule has 0 aliphatic rings. The first-order chi connectivity index (χ1) is 11.3. The van der Waals surface area contributed by atoms with Gasteiger partial charge in [0.15, 0.2) is 0 Å². The number of amides is 1. The van der Waals surface area contributed by atoms with Crippen molar-refractivity contribution >= 4 is 55.0 Å². The number of aromatic nitrogens is 2. The molecule has 0 radical (unpaired) electrons. The molecule has 24 heavy (non-hydrogen) atoms. The summed E-state index contributed by atoms with van der Waals surface area (Å²) in [6.45, 7) is 0.155. The fourth-order valence-electron chi connectivity index (χ4n) is 1.78. The molecular formula is C12H9Br2N5O5. The molecule has 126 valence electrons. The van der Waals surface area contributed by atoms with Gasteiger partial charge in [0.05, 0.1) is 34.5 Å². The van der Waals surface area contributed by atoms with Crippen molar-refractivity contribution in [2.75, 3.05) is 5.32 Å². The predicted molar refractivity (Wildman–Crippen MR) is 90.6 cm³/mol. The minimum atomic E-state index is -0.623. The molecule has 12 heteroatoms. The highest BCUT2D eigenvalue weighted by atomic mass is 79.9. The highest BCUT2D eigenvalue weighted by Gasteiger charge is 2.17. The summed E-state index contributed by atoms with van der Waals surface area (Å²) in [5, 5.41) is 27.6. The van der Waals surface area contributed by atoms with Gasteiger partial charge in [-0.2, -0.15) is 4.68 Å². The zero-order valence-electron chi connectivity index (χ0n) is 11.8. The Morgan fingerprint density at radius 3 is 2.33 bits per heavy atom. The minimum Gasteiger partial charge on any atom is -0.358 e. The number of aryl methyl sites for hydroxylation is 1. The number of non-ortho nitro benzene ring substituents is 1. The molecule has 0 spiro atoms. The summed E-state index contributed by atoms with van der Waals surface area (Å²) in [6.07, 6.45) is 1.43. The molecular weight excluding hydrogens is 454 g/mol. The number of nitro groups is 2. The maximum Gasteiger partial charge on any atom is 0.389 e. The molecule has 1 aromatic carbocycles. The summed E-state index contributed by atoms with van der Waals surface area (Å²) in [5.41, 5.74) is 0.229. The van der Waals surface area contributed by atoms with Crippen LogP contribution in [0.1, 0.15) is 6.42 Å². The van der Waals surface area contributed by atoms with Crippen LogP contribution in [0.25, 0.3) is 0 Å². The molecule has 1 aromatic heterocycles. The van der Waals surface area contributed by atoms with Crippen LogP contribution in [0.2, 0.25) is 0 Å². The standard InChI is InChI=1S/C12H9Br2N5O5/c13-8-5-7(18(21)22)6-9(14)12(8)15-11(20)2-4-17-3-1-10(16-17)19(23)24/h1,3,5-6H,2,4H2,(H,15,20). The lowest BCUT2D eigenvalue weighted by Crippen LogP contribution is -2.15. The molecule has 0 saturated carbocycles. The van der Waals surface area contributed by atoms with E-state index in [1.807, 2.05) is 0 Å². The molecule has 0 fully saturated rings. The van der Waals surface area contributed by atoms with Crippen LogP contribution in [-0.2, 0) is 11.3 Å². The van der Waals surface area contributed by atoms with Crippen LogP contribution in [0.4, 0.5) is 17.2 Å². The number of nitrogens with zero attached hydrogens (tertiary/aromatic N) is 4. The number of anilines is 1. The fourth-order valence-corrected chi connectivity index (χ4v) is 3.14. The Labute approximate surface area is 151 Å². The maximum absolute atomic E-state index is 12.0. The van der Waals surface area contributed by atoms with Gasteiger partial charge in [-0.05, 0) is 36.8 Å². The van der Waals surface area contributed by atoms with E-state index in [1.165, 1.54) is 29.1 Å². The van der Waals surface area contributed by atoms with Gasteiger partial charge >= 0.3 is 5.82 Å². The van der Waals surface area contributed by atoms with Crippen molar-refractivity contribution in [2.45, 2.75) is 13.0 Å². The molecule has 0 aliphatic carbocycles. The molecule has 0 saturated heterocycles. The fraction of sp³-hybridized carbons (Fsp3) is 0.167. The Morgan fingerprint density at radius 2 is 1.83 bits per heavy atom. The highest BCUT2D eigenvalue weighted by Crippen LogP contribution is 2.35. The largest absolute Gasteiger partial charge is 0.389 e. The molecule has 0 unspecified atom stereocenters. The van der Waals surface area contributed by atoms with Crippen LogP contribution < -0.4 is 5.32 Å². The molecule has 2 rings (SSSR count). The van der Waals surface area contributed by atoms with E-state index in [0.717, 1.165) is 0 Å². The quantitative estimate of drug-likeness (QED) is 0.517. The van der Waals surface area contributed by atoms with Crippen molar-refractivity contribution < 1.29 is 14.6 Å². The van der Waals surface area contributed by atoms with E-state index >= 15 is 0 Å². The molecule has 0 aliphatic heterocycles. The first-order valence-electron chi connectivity index (χ1n) is 6.39. The molecule has 1 amide bonds. The van der Waals surface area contributed by atoms with Gasteiger partial charge in [-0.3, -0.25) is 14.9 Å². The van der Waals surface area contributed by atoms with Gasteiger partial charge in [-0.1, -0.05) is 0 Å². The van der Waals surface area contributed by atoms with E-state index in [0.29, 0.717) is 14.6 Å². The average molecular weight is 463 g/mol. The average Bonchev–Trinajstić information content (AvgIpc) is 2.97. The van der Waals surface area contributed by atoms with E-state index in [9.17, 15) is 25.0 Å². The molecule has 1 N–H and O–H groups in total. The van der Waals surface area contributed by atoms with Gasteiger partial charge in [-0.15, -0.1) is 0 Å². The molecule has 1 heterocycles. The van der Waals surface area contributed by atoms with E-state index < -0.39 is 9.85 Å². The predicted octanol–water partition coefficient (Wildman–Crippen LogP) is 3.25. The second-order valence-corrected chi connectivity index (χ2v) is 6.24. The number of benzene rings is 1. The lowest BCUT2D eigenvalue weighted by Gasteiger charge is -2.09. The Morgan fingerprint density at radius 1 is 1.21 bits per heavy atom. The summed E-state index contributed by atoms with van der Waals surface area (Å²) < 4.78 is 2.00. The van der Waals surface area contributed by atoms with Crippen LogP contribution in [0.3, 0.4) is 0 Å².